The molecule has 2 aromatic heterocycles. The van der Waals surface area contributed by atoms with Crippen LogP contribution in [0.25, 0.3) is 33.5 Å². The first-order valence-electron chi connectivity index (χ1n) is 12.8. The number of hydrogen-bond donors (Lipinski definition) is 0. The highest BCUT2D eigenvalue weighted by atomic mass is 32.2. The van der Waals surface area contributed by atoms with Crippen molar-refractivity contribution in [3.8, 4) is 22.6 Å². The van der Waals surface area contributed by atoms with Gasteiger partial charge in [-0.05, 0) is 36.6 Å². The second kappa shape index (κ2) is 10.8. The van der Waals surface area contributed by atoms with Gasteiger partial charge in [-0.1, -0.05) is 78.5 Å². The smallest absolute Gasteiger partial charge is 0.376 e. The van der Waals surface area contributed by atoms with Gasteiger partial charge in [0.2, 0.25) is 0 Å². The first kappa shape index (κ1) is 25.6. The minimum absolute atomic E-state index is 0.0109. The van der Waals surface area contributed by atoms with Crippen molar-refractivity contribution in [1.29, 1.82) is 0 Å². The lowest BCUT2D eigenvalue weighted by Gasteiger charge is -2.17. The van der Waals surface area contributed by atoms with Crippen molar-refractivity contribution in [2.45, 2.75) is 42.6 Å². The van der Waals surface area contributed by atoms with Crippen molar-refractivity contribution in [3.05, 3.63) is 96.1 Å². The average Bonchev–Trinajstić information content (AvgIpc) is 3.62. The Balaban J connectivity index is 1.44. The molecule has 0 saturated carbocycles. The van der Waals surface area contributed by atoms with Gasteiger partial charge in [-0.3, -0.25) is 4.57 Å². The standard InChI is InChI=1S/C30H25F3N4OS/c31-30(32,33)25-14-6-4-11-21(25)19-39-29-36-35-28(37(29)18-22-12-8-16-38-22)24-17-27(20-9-2-1-3-10-20)34-26-15-7-5-13-23(24)26/h1-7,9-11,13-15,17,22H,8,12,16,18-19H2/t22-/m1/s1. The van der Waals surface area contributed by atoms with E-state index in [0.717, 1.165) is 46.6 Å². The van der Waals surface area contributed by atoms with Gasteiger partial charge in [-0.15, -0.1) is 10.2 Å². The number of benzene rings is 3. The highest BCUT2D eigenvalue weighted by Gasteiger charge is 2.33. The van der Waals surface area contributed by atoms with Crippen molar-refractivity contribution in [3.63, 3.8) is 0 Å². The SMILES string of the molecule is FC(F)(F)c1ccccc1CSc1nnc(-c2cc(-c3ccccc3)nc3ccccc23)n1C[C@H]1CCCO1. The summed E-state index contributed by atoms with van der Waals surface area (Å²) in [5.74, 6) is 0.763. The van der Waals surface area contributed by atoms with Gasteiger partial charge < -0.3 is 4.74 Å². The number of aromatic nitrogens is 4. The molecule has 3 aromatic carbocycles. The number of hydrogen-bond acceptors (Lipinski definition) is 5. The summed E-state index contributed by atoms with van der Waals surface area (Å²) in [6.45, 7) is 1.21. The summed E-state index contributed by atoms with van der Waals surface area (Å²) < 4.78 is 48.8. The Morgan fingerprint density at radius 1 is 0.923 bits per heavy atom. The van der Waals surface area contributed by atoms with E-state index in [-0.39, 0.29) is 17.4 Å². The fraction of sp³-hybridized carbons (Fsp3) is 0.233. The summed E-state index contributed by atoms with van der Waals surface area (Å²) in [7, 11) is 0. The van der Waals surface area contributed by atoms with Crippen LogP contribution in [0.15, 0.2) is 90.1 Å². The molecule has 0 radical (unpaired) electrons. The molecular weight excluding hydrogens is 521 g/mol. The van der Waals surface area contributed by atoms with Gasteiger partial charge in [0.1, 0.15) is 0 Å². The number of para-hydroxylation sites is 1. The number of rotatable bonds is 7. The summed E-state index contributed by atoms with van der Waals surface area (Å²) in [6.07, 6.45) is -2.55. The lowest BCUT2D eigenvalue weighted by Crippen LogP contribution is -2.17. The fourth-order valence-electron chi connectivity index (χ4n) is 4.93. The van der Waals surface area contributed by atoms with Crippen LogP contribution >= 0.6 is 11.8 Å². The quantitative estimate of drug-likeness (QED) is 0.196. The number of pyridine rings is 1. The number of halogens is 3. The summed E-state index contributed by atoms with van der Waals surface area (Å²) in [5.41, 5.74) is 3.07. The van der Waals surface area contributed by atoms with E-state index >= 15 is 0 Å². The van der Waals surface area contributed by atoms with Gasteiger partial charge in [-0.25, -0.2) is 4.98 Å². The Labute approximate surface area is 228 Å². The molecule has 1 saturated heterocycles. The average molecular weight is 547 g/mol. The molecule has 9 heteroatoms. The number of alkyl halides is 3. The molecule has 0 amide bonds. The molecular formula is C30H25F3N4OS. The predicted molar refractivity (Wildman–Crippen MR) is 146 cm³/mol. The van der Waals surface area contributed by atoms with Crippen molar-refractivity contribution in [2.75, 3.05) is 6.61 Å². The topological polar surface area (TPSA) is 52.8 Å². The molecule has 6 rings (SSSR count). The Morgan fingerprint density at radius 2 is 1.69 bits per heavy atom. The lowest BCUT2D eigenvalue weighted by molar-refractivity contribution is -0.138. The Hall–Kier alpha value is -3.69. The number of ether oxygens (including phenoxy) is 1. The van der Waals surface area contributed by atoms with E-state index in [9.17, 15) is 13.2 Å². The molecule has 5 aromatic rings. The summed E-state index contributed by atoms with van der Waals surface area (Å²) >= 11 is 1.25. The zero-order valence-electron chi connectivity index (χ0n) is 20.9. The molecule has 5 nitrogen and oxygen atoms in total. The van der Waals surface area contributed by atoms with Crippen LogP contribution in [0.4, 0.5) is 13.2 Å². The first-order valence-corrected chi connectivity index (χ1v) is 13.7. The van der Waals surface area contributed by atoms with Crippen LogP contribution < -0.4 is 0 Å². The molecule has 0 aliphatic carbocycles. The molecule has 0 unspecified atom stereocenters. The van der Waals surface area contributed by atoms with E-state index < -0.39 is 11.7 Å². The minimum Gasteiger partial charge on any atom is -0.376 e. The first-order chi connectivity index (χ1) is 19.0. The van der Waals surface area contributed by atoms with Crippen LogP contribution in [0.3, 0.4) is 0 Å². The van der Waals surface area contributed by atoms with E-state index in [0.29, 0.717) is 24.1 Å². The highest BCUT2D eigenvalue weighted by molar-refractivity contribution is 7.98. The molecule has 39 heavy (non-hydrogen) atoms. The minimum atomic E-state index is -4.42. The van der Waals surface area contributed by atoms with Crippen LogP contribution in [0.5, 0.6) is 0 Å². The highest BCUT2D eigenvalue weighted by Crippen LogP contribution is 2.37. The second-order valence-corrected chi connectivity index (χ2v) is 10.4. The van der Waals surface area contributed by atoms with Crippen LogP contribution in [0.2, 0.25) is 0 Å². The van der Waals surface area contributed by atoms with Crippen LogP contribution in [0, 0.1) is 0 Å². The maximum atomic E-state index is 13.6. The normalized spacial score (nSPS) is 15.7. The van der Waals surface area contributed by atoms with E-state index in [1.807, 2.05) is 65.2 Å². The van der Waals surface area contributed by atoms with Gasteiger partial charge >= 0.3 is 6.18 Å². The molecule has 1 atom stereocenters. The summed E-state index contributed by atoms with van der Waals surface area (Å²) in [4.78, 5) is 4.89. The molecule has 198 valence electrons. The van der Waals surface area contributed by atoms with Crippen LogP contribution in [0.1, 0.15) is 24.0 Å². The molecule has 1 aliphatic heterocycles. The van der Waals surface area contributed by atoms with E-state index in [2.05, 4.69) is 10.2 Å². The molecule has 1 fully saturated rings. The van der Waals surface area contributed by atoms with Crippen molar-refractivity contribution in [1.82, 2.24) is 19.7 Å². The molecule has 0 bridgehead atoms. The van der Waals surface area contributed by atoms with Gasteiger partial charge in [0.15, 0.2) is 11.0 Å². The fourth-order valence-corrected chi connectivity index (χ4v) is 5.89. The number of fused-ring (bicyclic) bond motifs is 1. The third-order valence-electron chi connectivity index (χ3n) is 6.83. The van der Waals surface area contributed by atoms with E-state index in [1.165, 1.54) is 23.9 Å². The van der Waals surface area contributed by atoms with Crippen LogP contribution in [-0.2, 0) is 23.2 Å². The molecule has 1 aliphatic rings. The Bertz CT molecular complexity index is 1600. The van der Waals surface area contributed by atoms with Crippen molar-refractivity contribution >= 4 is 22.7 Å². The lowest BCUT2D eigenvalue weighted by atomic mass is 10.0. The van der Waals surface area contributed by atoms with E-state index in [4.69, 9.17) is 9.72 Å². The number of nitrogens with zero attached hydrogens (tertiary/aromatic N) is 4. The van der Waals surface area contributed by atoms with Gasteiger partial charge in [0.25, 0.3) is 0 Å². The van der Waals surface area contributed by atoms with Crippen molar-refractivity contribution in [2.24, 2.45) is 0 Å². The molecule has 3 heterocycles. The Kier molecular flexibility index (Phi) is 7.10. The monoisotopic (exact) mass is 546 g/mol. The summed E-state index contributed by atoms with van der Waals surface area (Å²) in [6, 6.07) is 25.5. The molecule has 0 spiro atoms. The third kappa shape index (κ3) is 5.42. The number of thioether (sulfide) groups is 1. The van der Waals surface area contributed by atoms with Crippen LogP contribution in [-0.4, -0.2) is 32.5 Å². The zero-order valence-corrected chi connectivity index (χ0v) is 21.8. The van der Waals surface area contributed by atoms with Gasteiger partial charge in [-0.2, -0.15) is 13.2 Å². The van der Waals surface area contributed by atoms with Gasteiger partial charge in [0.05, 0.1) is 29.4 Å². The maximum absolute atomic E-state index is 13.6. The Morgan fingerprint density at radius 3 is 2.49 bits per heavy atom. The van der Waals surface area contributed by atoms with Crippen molar-refractivity contribution < 1.29 is 17.9 Å². The third-order valence-corrected chi connectivity index (χ3v) is 7.85. The summed E-state index contributed by atoms with van der Waals surface area (Å²) in [5, 5.41) is 10.5. The maximum Gasteiger partial charge on any atom is 0.416 e. The predicted octanol–water partition coefficient (Wildman–Crippen LogP) is 7.65. The van der Waals surface area contributed by atoms with Gasteiger partial charge in [0, 0.05) is 28.9 Å². The zero-order chi connectivity index (χ0) is 26.8. The second-order valence-electron chi connectivity index (χ2n) is 9.43. The largest absolute Gasteiger partial charge is 0.416 e. The molecule has 0 N–H and O–H groups in total. The van der Waals surface area contributed by atoms with E-state index in [1.54, 1.807) is 6.07 Å².